The molecule has 4 nitrogen and oxygen atoms in total. The molecular weight excluding hydrogens is 264 g/mol. The summed E-state index contributed by atoms with van der Waals surface area (Å²) in [5.41, 5.74) is 1.36. The van der Waals surface area contributed by atoms with E-state index in [4.69, 9.17) is 16.3 Å². The van der Waals surface area contributed by atoms with Crippen molar-refractivity contribution in [1.29, 1.82) is 0 Å². The van der Waals surface area contributed by atoms with Crippen LogP contribution in [0.15, 0.2) is 30.5 Å². The fourth-order valence-corrected chi connectivity index (χ4v) is 2.45. The molecule has 1 aromatic heterocycles. The molecule has 1 amide bonds. The Morgan fingerprint density at radius 3 is 3.11 bits per heavy atom. The monoisotopic (exact) mass is 276 g/mol. The Morgan fingerprint density at radius 2 is 2.32 bits per heavy atom. The number of rotatable bonds is 2. The molecule has 5 heteroatoms. The molecule has 1 unspecified atom stereocenters. The summed E-state index contributed by atoms with van der Waals surface area (Å²) in [6.45, 7) is 0.650. The van der Waals surface area contributed by atoms with Gasteiger partial charge in [0.1, 0.15) is 6.10 Å². The predicted molar refractivity (Wildman–Crippen MR) is 74.4 cm³/mol. The summed E-state index contributed by atoms with van der Waals surface area (Å²) >= 11 is 6.12. The standard InChI is InChI=1S/C14H13ClN2O2/c15-10-5-6-11(13-9(10)3-1-7-16-13)17-14(18)12-4-2-8-19-12/h1,3,5-7,12H,2,4,8H2,(H,17,18). The molecule has 0 bridgehead atoms. The normalized spacial score (nSPS) is 18.7. The van der Waals surface area contributed by atoms with E-state index in [1.807, 2.05) is 12.1 Å². The third kappa shape index (κ3) is 2.41. The molecule has 0 saturated carbocycles. The van der Waals surface area contributed by atoms with Gasteiger partial charge in [0.15, 0.2) is 0 Å². The average molecular weight is 277 g/mol. The van der Waals surface area contributed by atoms with E-state index in [9.17, 15) is 4.79 Å². The molecule has 98 valence electrons. The van der Waals surface area contributed by atoms with Crippen LogP contribution in [-0.2, 0) is 9.53 Å². The van der Waals surface area contributed by atoms with Gasteiger partial charge in [-0.2, -0.15) is 0 Å². The van der Waals surface area contributed by atoms with Gasteiger partial charge in [-0.1, -0.05) is 11.6 Å². The van der Waals surface area contributed by atoms with E-state index in [0.717, 1.165) is 18.2 Å². The summed E-state index contributed by atoms with van der Waals surface area (Å²) in [4.78, 5) is 16.3. The number of ether oxygens (including phenoxy) is 1. The van der Waals surface area contributed by atoms with E-state index < -0.39 is 0 Å². The number of carbonyl (C=O) groups is 1. The van der Waals surface area contributed by atoms with Gasteiger partial charge in [-0.3, -0.25) is 9.78 Å². The smallest absolute Gasteiger partial charge is 0.253 e. The number of nitrogens with one attached hydrogen (secondary N) is 1. The molecule has 0 radical (unpaired) electrons. The molecule has 1 N–H and O–H groups in total. The number of fused-ring (bicyclic) bond motifs is 1. The third-order valence-corrected chi connectivity index (χ3v) is 3.53. The van der Waals surface area contributed by atoms with Gasteiger partial charge in [0.05, 0.1) is 16.2 Å². The van der Waals surface area contributed by atoms with Crippen LogP contribution < -0.4 is 5.32 Å². The van der Waals surface area contributed by atoms with Crippen LogP contribution in [0.1, 0.15) is 12.8 Å². The van der Waals surface area contributed by atoms with Gasteiger partial charge in [0, 0.05) is 18.2 Å². The zero-order chi connectivity index (χ0) is 13.2. The lowest BCUT2D eigenvalue weighted by Crippen LogP contribution is -2.27. The van der Waals surface area contributed by atoms with E-state index in [0.29, 0.717) is 22.8 Å². The largest absolute Gasteiger partial charge is 0.368 e. The Kier molecular flexibility index (Phi) is 3.36. The molecule has 1 aliphatic heterocycles. The van der Waals surface area contributed by atoms with Crippen LogP contribution >= 0.6 is 11.6 Å². The van der Waals surface area contributed by atoms with Crippen molar-refractivity contribution < 1.29 is 9.53 Å². The van der Waals surface area contributed by atoms with Gasteiger partial charge in [-0.25, -0.2) is 0 Å². The van der Waals surface area contributed by atoms with Crippen LogP contribution in [-0.4, -0.2) is 23.6 Å². The van der Waals surface area contributed by atoms with Gasteiger partial charge in [-0.15, -0.1) is 0 Å². The van der Waals surface area contributed by atoms with E-state index in [-0.39, 0.29) is 12.0 Å². The van der Waals surface area contributed by atoms with Gasteiger partial charge in [0.25, 0.3) is 5.91 Å². The highest BCUT2D eigenvalue weighted by Crippen LogP contribution is 2.28. The topological polar surface area (TPSA) is 51.2 Å². The molecule has 0 spiro atoms. The Bertz CT molecular complexity index is 624. The fourth-order valence-electron chi connectivity index (χ4n) is 2.24. The van der Waals surface area contributed by atoms with Crippen molar-refractivity contribution in [3.05, 3.63) is 35.5 Å². The number of nitrogens with zero attached hydrogens (tertiary/aromatic N) is 1. The molecule has 1 atom stereocenters. The zero-order valence-corrected chi connectivity index (χ0v) is 11.0. The first-order valence-electron chi connectivity index (χ1n) is 6.21. The van der Waals surface area contributed by atoms with Gasteiger partial charge < -0.3 is 10.1 Å². The molecule has 3 rings (SSSR count). The summed E-state index contributed by atoms with van der Waals surface area (Å²) in [7, 11) is 0. The molecule has 2 heterocycles. The van der Waals surface area contributed by atoms with E-state index in [1.54, 1.807) is 18.3 Å². The van der Waals surface area contributed by atoms with Crippen LogP contribution in [0.25, 0.3) is 10.9 Å². The van der Waals surface area contributed by atoms with Gasteiger partial charge in [0.2, 0.25) is 0 Å². The number of hydrogen-bond donors (Lipinski definition) is 1. The van der Waals surface area contributed by atoms with Crippen molar-refractivity contribution in [2.75, 3.05) is 11.9 Å². The number of aromatic nitrogens is 1. The number of pyridine rings is 1. The van der Waals surface area contributed by atoms with Crippen LogP contribution in [0.2, 0.25) is 5.02 Å². The number of amides is 1. The minimum atomic E-state index is -0.352. The summed E-state index contributed by atoms with van der Waals surface area (Å²) in [6, 6.07) is 7.23. The van der Waals surface area contributed by atoms with Gasteiger partial charge >= 0.3 is 0 Å². The minimum Gasteiger partial charge on any atom is -0.368 e. The SMILES string of the molecule is O=C(Nc1ccc(Cl)c2cccnc12)C1CCCO1. The zero-order valence-electron chi connectivity index (χ0n) is 10.2. The van der Waals surface area contributed by atoms with E-state index in [1.165, 1.54) is 0 Å². The number of carbonyl (C=O) groups excluding carboxylic acids is 1. The molecule has 2 aromatic rings. The average Bonchev–Trinajstić information content (AvgIpc) is 2.96. The molecule has 19 heavy (non-hydrogen) atoms. The number of anilines is 1. The lowest BCUT2D eigenvalue weighted by molar-refractivity contribution is -0.124. The Balaban J connectivity index is 1.92. The van der Waals surface area contributed by atoms with Crippen molar-refractivity contribution in [1.82, 2.24) is 4.98 Å². The summed E-state index contributed by atoms with van der Waals surface area (Å²) in [5, 5.41) is 4.32. The first kappa shape index (κ1) is 12.4. The molecule has 1 aliphatic rings. The second-order valence-electron chi connectivity index (χ2n) is 4.49. The third-order valence-electron chi connectivity index (χ3n) is 3.20. The van der Waals surface area contributed by atoms with E-state index in [2.05, 4.69) is 10.3 Å². The summed E-state index contributed by atoms with van der Waals surface area (Å²) in [5.74, 6) is -0.119. The fraction of sp³-hybridized carbons (Fsp3) is 0.286. The lowest BCUT2D eigenvalue weighted by Gasteiger charge is -2.12. The summed E-state index contributed by atoms with van der Waals surface area (Å²) in [6.07, 6.45) is 3.03. The Labute approximate surface area is 115 Å². The van der Waals surface area contributed by atoms with E-state index >= 15 is 0 Å². The van der Waals surface area contributed by atoms with Crippen molar-refractivity contribution >= 4 is 34.1 Å². The predicted octanol–water partition coefficient (Wildman–Crippen LogP) is 3.01. The molecule has 0 aliphatic carbocycles. The van der Waals surface area contributed by atoms with Crippen molar-refractivity contribution in [2.45, 2.75) is 18.9 Å². The first-order chi connectivity index (χ1) is 9.25. The molecule has 1 fully saturated rings. The minimum absolute atomic E-state index is 0.119. The maximum atomic E-state index is 12.0. The second kappa shape index (κ2) is 5.15. The highest BCUT2D eigenvalue weighted by Gasteiger charge is 2.24. The second-order valence-corrected chi connectivity index (χ2v) is 4.89. The molecular formula is C14H13ClN2O2. The van der Waals surface area contributed by atoms with Crippen LogP contribution in [0, 0.1) is 0 Å². The highest BCUT2D eigenvalue weighted by molar-refractivity contribution is 6.35. The number of halogens is 1. The lowest BCUT2D eigenvalue weighted by atomic mass is 10.1. The van der Waals surface area contributed by atoms with Crippen LogP contribution in [0.5, 0.6) is 0 Å². The Morgan fingerprint density at radius 1 is 1.42 bits per heavy atom. The summed E-state index contributed by atoms with van der Waals surface area (Å²) < 4.78 is 5.36. The Hall–Kier alpha value is -1.65. The van der Waals surface area contributed by atoms with Crippen LogP contribution in [0.3, 0.4) is 0 Å². The quantitative estimate of drug-likeness (QED) is 0.917. The van der Waals surface area contributed by atoms with Crippen molar-refractivity contribution in [3.8, 4) is 0 Å². The van der Waals surface area contributed by atoms with Gasteiger partial charge in [-0.05, 0) is 37.1 Å². The molecule has 1 saturated heterocycles. The highest BCUT2D eigenvalue weighted by atomic mass is 35.5. The maximum Gasteiger partial charge on any atom is 0.253 e. The molecule has 1 aromatic carbocycles. The maximum absolute atomic E-state index is 12.0. The van der Waals surface area contributed by atoms with Crippen LogP contribution in [0.4, 0.5) is 5.69 Å². The van der Waals surface area contributed by atoms with Crippen molar-refractivity contribution in [3.63, 3.8) is 0 Å². The number of hydrogen-bond acceptors (Lipinski definition) is 3. The number of benzene rings is 1. The first-order valence-corrected chi connectivity index (χ1v) is 6.59. The van der Waals surface area contributed by atoms with Crippen molar-refractivity contribution in [2.24, 2.45) is 0 Å².